The summed E-state index contributed by atoms with van der Waals surface area (Å²) in [5.74, 6) is -0.960. The van der Waals surface area contributed by atoms with E-state index in [2.05, 4.69) is 37.0 Å². The predicted molar refractivity (Wildman–Crippen MR) is 75.4 cm³/mol. The van der Waals surface area contributed by atoms with Crippen LogP contribution in [0.4, 0.5) is 0 Å². The van der Waals surface area contributed by atoms with Gasteiger partial charge in [-0.2, -0.15) is 5.10 Å². The summed E-state index contributed by atoms with van der Waals surface area (Å²) in [5, 5.41) is 13.4. The van der Waals surface area contributed by atoms with Gasteiger partial charge in [-0.3, -0.25) is 0 Å². The van der Waals surface area contributed by atoms with Crippen molar-refractivity contribution >= 4 is 37.8 Å². The number of hydrogen-bond acceptors (Lipinski definition) is 2. The molecule has 0 radical (unpaired) electrons. The van der Waals surface area contributed by atoms with Gasteiger partial charge < -0.3 is 5.11 Å². The van der Waals surface area contributed by atoms with Crippen molar-refractivity contribution in [3.05, 3.63) is 44.1 Å². The molecule has 0 amide bonds. The Balaban J connectivity index is 2.63. The van der Waals surface area contributed by atoms with Gasteiger partial charge in [-0.15, -0.1) is 0 Å². The lowest BCUT2D eigenvalue weighted by molar-refractivity contribution is 0.0697. The number of carbonyl (C=O) groups is 1. The average molecular weight is 374 g/mol. The maximum atomic E-state index is 11.0. The molecule has 2 aromatic rings. The Morgan fingerprint density at radius 3 is 2.44 bits per heavy atom. The van der Waals surface area contributed by atoms with Gasteiger partial charge in [0.05, 0.1) is 27.1 Å². The first kappa shape index (κ1) is 13.3. The van der Waals surface area contributed by atoms with Gasteiger partial charge in [0.1, 0.15) is 0 Å². The zero-order valence-corrected chi connectivity index (χ0v) is 12.9. The fourth-order valence-corrected chi connectivity index (χ4v) is 2.42. The van der Waals surface area contributed by atoms with Crippen molar-refractivity contribution in [2.45, 2.75) is 13.8 Å². The van der Waals surface area contributed by atoms with Gasteiger partial charge in [-0.25, -0.2) is 9.48 Å². The lowest BCUT2D eigenvalue weighted by atomic mass is 10.2. The minimum absolute atomic E-state index is 0.225. The minimum Gasteiger partial charge on any atom is -0.478 e. The highest BCUT2D eigenvalue weighted by molar-refractivity contribution is 9.10. The molecule has 1 aromatic heterocycles. The second-order valence-electron chi connectivity index (χ2n) is 3.90. The second kappa shape index (κ2) is 4.85. The van der Waals surface area contributed by atoms with Crippen LogP contribution < -0.4 is 0 Å². The van der Waals surface area contributed by atoms with Crippen LogP contribution in [-0.2, 0) is 0 Å². The highest BCUT2D eigenvalue weighted by atomic mass is 79.9. The van der Waals surface area contributed by atoms with Crippen LogP contribution in [0.25, 0.3) is 5.69 Å². The van der Waals surface area contributed by atoms with Crippen LogP contribution in [0.3, 0.4) is 0 Å². The van der Waals surface area contributed by atoms with Crippen molar-refractivity contribution in [3.8, 4) is 5.69 Å². The van der Waals surface area contributed by atoms with Gasteiger partial charge in [0.2, 0.25) is 0 Å². The molecule has 4 nitrogen and oxygen atoms in total. The van der Waals surface area contributed by atoms with E-state index in [9.17, 15) is 4.79 Å². The molecule has 0 saturated heterocycles. The summed E-state index contributed by atoms with van der Waals surface area (Å²) in [6, 6.07) is 4.99. The average Bonchev–Trinajstić information content (AvgIpc) is 2.56. The first-order valence-electron chi connectivity index (χ1n) is 5.16. The van der Waals surface area contributed by atoms with Gasteiger partial charge in [0, 0.05) is 4.47 Å². The molecule has 94 valence electrons. The van der Waals surface area contributed by atoms with Gasteiger partial charge in [0.25, 0.3) is 0 Å². The van der Waals surface area contributed by atoms with Crippen molar-refractivity contribution in [2.75, 3.05) is 0 Å². The van der Waals surface area contributed by atoms with Gasteiger partial charge in [-0.05, 0) is 48.0 Å². The number of halogens is 2. The quantitative estimate of drug-likeness (QED) is 0.872. The molecule has 1 aromatic carbocycles. The molecule has 18 heavy (non-hydrogen) atoms. The van der Waals surface area contributed by atoms with Crippen LogP contribution in [-0.4, -0.2) is 20.9 Å². The summed E-state index contributed by atoms with van der Waals surface area (Å²) in [6.45, 7) is 3.81. The molecule has 1 N–H and O–H groups in total. The summed E-state index contributed by atoms with van der Waals surface area (Å²) < 4.78 is 3.36. The van der Waals surface area contributed by atoms with E-state index >= 15 is 0 Å². The largest absolute Gasteiger partial charge is 0.478 e. The second-order valence-corrected chi connectivity index (χ2v) is 5.61. The molecule has 0 fully saturated rings. The number of nitrogens with zero attached hydrogens (tertiary/aromatic N) is 2. The molecule has 0 aliphatic heterocycles. The van der Waals surface area contributed by atoms with Crippen LogP contribution in [0.1, 0.15) is 21.7 Å². The van der Waals surface area contributed by atoms with E-state index in [4.69, 9.17) is 5.11 Å². The normalized spacial score (nSPS) is 10.7. The third kappa shape index (κ3) is 2.35. The van der Waals surface area contributed by atoms with E-state index < -0.39 is 5.97 Å². The number of carboxylic acids is 1. The smallest absolute Gasteiger partial charge is 0.335 e. The van der Waals surface area contributed by atoms with E-state index in [1.807, 2.05) is 19.9 Å². The summed E-state index contributed by atoms with van der Waals surface area (Å²) in [5.41, 5.74) is 2.74. The zero-order valence-electron chi connectivity index (χ0n) is 9.74. The third-order valence-corrected chi connectivity index (χ3v) is 4.18. The SMILES string of the molecule is Cc1nn(-c2cc(Br)cc(C(=O)O)c2)c(C)c1Br. The van der Waals surface area contributed by atoms with E-state index in [0.717, 1.165) is 15.9 Å². The summed E-state index contributed by atoms with van der Waals surface area (Å²) >= 11 is 6.76. The highest BCUT2D eigenvalue weighted by Crippen LogP contribution is 2.25. The van der Waals surface area contributed by atoms with Crippen molar-refractivity contribution in [2.24, 2.45) is 0 Å². The standard InChI is InChI=1S/C12H10Br2N2O2/c1-6-11(14)7(2)16(15-6)10-4-8(12(17)18)3-9(13)5-10/h3-5H,1-2H3,(H,17,18). The number of benzene rings is 1. The Labute approximate surface area is 121 Å². The van der Waals surface area contributed by atoms with Crippen LogP contribution in [0.15, 0.2) is 27.1 Å². The van der Waals surface area contributed by atoms with E-state index in [0.29, 0.717) is 10.2 Å². The number of aryl methyl sites for hydroxylation is 1. The Hall–Kier alpha value is -1.14. The molecular formula is C12H10Br2N2O2. The fraction of sp³-hybridized carbons (Fsp3) is 0.167. The fourth-order valence-electron chi connectivity index (χ4n) is 1.69. The van der Waals surface area contributed by atoms with Crippen molar-refractivity contribution < 1.29 is 9.90 Å². The van der Waals surface area contributed by atoms with E-state index in [-0.39, 0.29) is 5.56 Å². The summed E-state index contributed by atoms with van der Waals surface area (Å²) in [7, 11) is 0. The van der Waals surface area contributed by atoms with Crippen LogP contribution >= 0.6 is 31.9 Å². The minimum atomic E-state index is -0.960. The summed E-state index contributed by atoms with van der Waals surface area (Å²) in [4.78, 5) is 11.0. The van der Waals surface area contributed by atoms with Crippen LogP contribution in [0.2, 0.25) is 0 Å². The first-order chi connectivity index (χ1) is 8.40. The molecule has 0 saturated carbocycles. The Bertz CT molecular complexity index is 635. The molecular weight excluding hydrogens is 364 g/mol. The van der Waals surface area contributed by atoms with Crippen molar-refractivity contribution in [1.29, 1.82) is 0 Å². The van der Waals surface area contributed by atoms with Crippen molar-refractivity contribution in [1.82, 2.24) is 9.78 Å². The van der Waals surface area contributed by atoms with Crippen LogP contribution in [0.5, 0.6) is 0 Å². The number of aromatic nitrogens is 2. The lowest BCUT2D eigenvalue weighted by Crippen LogP contribution is -2.03. The van der Waals surface area contributed by atoms with Crippen molar-refractivity contribution in [3.63, 3.8) is 0 Å². The highest BCUT2D eigenvalue weighted by Gasteiger charge is 2.13. The number of carboxylic acid groups (broad SMARTS) is 1. The maximum absolute atomic E-state index is 11.0. The topological polar surface area (TPSA) is 55.1 Å². The van der Waals surface area contributed by atoms with Crippen LogP contribution in [0, 0.1) is 13.8 Å². The van der Waals surface area contributed by atoms with Gasteiger partial charge >= 0.3 is 5.97 Å². The molecule has 1 heterocycles. The number of rotatable bonds is 2. The zero-order chi connectivity index (χ0) is 13.4. The first-order valence-corrected chi connectivity index (χ1v) is 6.74. The molecule has 0 unspecified atom stereocenters. The number of hydrogen-bond donors (Lipinski definition) is 1. The lowest BCUT2D eigenvalue weighted by Gasteiger charge is -2.06. The Morgan fingerprint density at radius 2 is 1.94 bits per heavy atom. The molecule has 2 rings (SSSR count). The monoisotopic (exact) mass is 372 g/mol. The van der Waals surface area contributed by atoms with Gasteiger partial charge in [0.15, 0.2) is 0 Å². The molecule has 0 spiro atoms. The Morgan fingerprint density at radius 1 is 1.28 bits per heavy atom. The van der Waals surface area contributed by atoms with E-state index in [1.54, 1.807) is 16.8 Å². The maximum Gasteiger partial charge on any atom is 0.335 e. The predicted octanol–water partition coefficient (Wildman–Crippen LogP) is 3.71. The molecule has 0 aliphatic carbocycles. The summed E-state index contributed by atoms with van der Waals surface area (Å²) in [6.07, 6.45) is 0. The Kier molecular flexibility index (Phi) is 3.59. The molecule has 0 atom stereocenters. The number of aromatic carboxylic acids is 1. The molecule has 0 bridgehead atoms. The molecule has 6 heteroatoms. The third-order valence-electron chi connectivity index (χ3n) is 2.58. The molecule has 0 aliphatic rings. The van der Waals surface area contributed by atoms with E-state index in [1.165, 1.54) is 0 Å². The van der Waals surface area contributed by atoms with Gasteiger partial charge in [-0.1, -0.05) is 15.9 Å².